The summed E-state index contributed by atoms with van der Waals surface area (Å²) < 4.78 is 0. The zero-order chi connectivity index (χ0) is 13.9. The molecule has 1 heterocycles. The fraction of sp³-hybridized carbons (Fsp3) is 0.588. The number of fused-ring (bicyclic) bond motifs is 1. The Morgan fingerprint density at radius 2 is 2.05 bits per heavy atom. The maximum atomic E-state index is 12.4. The summed E-state index contributed by atoms with van der Waals surface area (Å²) in [6.45, 7) is 4.19. The largest absolute Gasteiger partial charge is 0.326 e. The van der Waals surface area contributed by atoms with Crippen LogP contribution in [0.5, 0.6) is 0 Å². The quantitative estimate of drug-likeness (QED) is 0.868. The summed E-state index contributed by atoms with van der Waals surface area (Å²) >= 11 is 0. The van der Waals surface area contributed by atoms with Crippen LogP contribution in [0.4, 0.5) is 5.69 Å². The van der Waals surface area contributed by atoms with Gasteiger partial charge in [0.2, 0.25) is 5.91 Å². The van der Waals surface area contributed by atoms with E-state index >= 15 is 0 Å². The number of rotatable bonds is 2. The molecule has 0 saturated heterocycles. The Labute approximate surface area is 121 Å². The van der Waals surface area contributed by atoms with E-state index in [1.165, 1.54) is 24.0 Å². The lowest BCUT2D eigenvalue weighted by Gasteiger charge is -2.26. The molecule has 0 unspecified atom stereocenters. The highest BCUT2D eigenvalue weighted by atomic mass is 16.1. The standard InChI is InChI=1S/C17H24N2O/c1-12-5-7-14(8-6-12)17(20)19-16-4-2-3-13-9-10-18-11-15(13)16/h2-4,12,14,18H,5-11H2,1H3,(H,19,20). The van der Waals surface area contributed by atoms with Crippen LogP contribution in [-0.2, 0) is 17.8 Å². The van der Waals surface area contributed by atoms with Crippen molar-refractivity contribution in [3.63, 3.8) is 0 Å². The van der Waals surface area contributed by atoms with Crippen molar-refractivity contribution in [1.82, 2.24) is 5.32 Å². The van der Waals surface area contributed by atoms with Gasteiger partial charge in [0.15, 0.2) is 0 Å². The van der Waals surface area contributed by atoms with Gasteiger partial charge in [-0.25, -0.2) is 0 Å². The lowest BCUT2D eigenvalue weighted by atomic mass is 9.82. The molecule has 0 atom stereocenters. The third-order valence-electron chi connectivity index (χ3n) is 4.79. The van der Waals surface area contributed by atoms with Crippen molar-refractivity contribution in [3.8, 4) is 0 Å². The second-order valence-corrected chi connectivity index (χ2v) is 6.32. The number of anilines is 1. The Balaban J connectivity index is 1.70. The first-order valence-electron chi connectivity index (χ1n) is 7.86. The lowest BCUT2D eigenvalue weighted by molar-refractivity contribution is -0.121. The van der Waals surface area contributed by atoms with Crippen molar-refractivity contribution in [3.05, 3.63) is 29.3 Å². The van der Waals surface area contributed by atoms with Gasteiger partial charge in [0, 0.05) is 18.2 Å². The Bertz CT molecular complexity index is 490. The maximum Gasteiger partial charge on any atom is 0.227 e. The van der Waals surface area contributed by atoms with Crippen LogP contribution >= 0.6 is 0 Å². The minimum absolute atomic E-state index is 0.207. The van der Waals surface area contributed by atoms with E-state index in [-0.39, 0.29) is 11.8 Å². The Hall–Kier alpha value is -1.35. The summed E-state index contributed by atoms with van der Waals surface area (Å²) in [5, 5.41) is 6.56. The second kappa shape index (κ2) is 5.96. The number of hydrogen-bond donors (Lipinski definition) is 2. The molecule has 20 heavy (non-hydrogen) atoms. The van der Waals surface area contributed by atoms with Crippen molar-refractivity contribution in [2.75, 3.05) is 11.9 Å². The number of carbonyl (C=O) groups is 1. The third-order valence-corrected chi connectivity index (χ3v) is 4.79. The summed E-state index contributed by atoms with van der Waals surface area (Å²) in [6, 6.07) is 6.27. The zero-order valence-corrected chi connectivity index (χ0v) is 12.2. The van der Waals surface area contributed by atoms with Gasteiger partial charge in [-0.2, -0.15) is 0 Å². The van der Waals surface area contributed by atoms with E-state index in [0.717, 1.165) is 44.0 Å². The van der Waals surface area contributed by atoms with Crippen LogP contribution < -0.4 is 10.6 Å². The fourth-order valence-electron chi connectivity index (χ4n) is 3.39. The van der Waals surface area contributed by atoms with Gasteiger partial charge in [-0.3, -0.25) is 4.79 Å². The van der Waals surface area contributed by atoms with Crippen LogP contribution in [0.15, 0.2) is 18.2 Å². The van der Waals surface area contributed by atoms with Gasteiger partial charge >= 0.3 is 0 Å². The Morgan fingerprint density at radius 3 is 2.85 bits per heavy atom. The normalized spacial score (nSPS) is 25.9. The number of nitrogens with one attached hydrogen (secondary N) is 2. The predicted molar refractivity (Wildman–Crippen MR) is 81.6 cm³/mol. The van der Waals surface area contributed by atoms with E-state index in [2.05, 4.69) is 29.7 Å². The van der Waals surface area contributed by atoms with Gasteiger partial charge in [-0.15, -0.1) is 0 Å². The fourth-order valence-corrected chi connectivity index (χ4v) is 3.39. The van der Waals surface area contributed by atoms with Crippen LogP contribution in [-0.4, -0.2) is 12.5 Å². The van der Waals surface area contributed by atoms with Gasteiger partial charge in [0.1, 0.15) is 0 Å². The summed E-state index contributed by atoms with van der Waals surface area (Å²) in [6.07, 6.45) is 5.51. The molecular weight excluding hydrogens is 248 g/mol. The van der Waals surface area contributed by atoms with E-state index < -0.39 is 0 Å². The SMILES string of the molecule is CC1CCC(C(=O)Nc2cccc3c2CNCC3)CC1. The molecule has 0 aromatic heterocycles. The molecule has 3 rings (SSSR count). The first-order valence-corrected chi connectivity index (χ1v) is 7.86. The van der Waals surface area contributed by atoms with E-state index in [9.17, 15) is 4.79 Å². The monoisotopic (exact) mass is 272 g/mol. The van der Waals surface area contributed by atoms with Gasteiger partial charge in [-0.05, 0) is 61.8 Å². The van der Waals surface area contributed by atoms with E-state index in [1.54, 1.807) is 0 Å². The molecule has 0 radical (unpaired) electrons. The van der Waals surface area contributed by atoms with Crippen molar-refractivity contribution in [1.29, 1.82) is 0 Å². The Morgan fingerprint density at radius 1 is 1.25 bits per heavy atom. The average Bonchev–Trinajstić information content (AvgIpc) is 2.48. The number of benzene rings is 1. The van der Waals surface area contributed by atoms with Crippen LogP contribution in [0.25, 0.3) is 0 Å². The molecule has 3 heteroatoms. The highest BCUT2D eigenvalue weighted by Gasteiger charge is 2.25. The van der Waals surface area contributed by atoms with E-state index in [4.69, 9.17) is 0 Å². The van der Waals surface area contributed by atoms with Crippen molar-refractivity contribution in [2.45, 2.75) is 45.6 Å². The topological polar surface area (TPSA) is 41.1 Å². The molecule has 1 saturated carbocycles. The molecule has 0 bridgehead atoms. The summed E-state index contributed by atoms with van der Waals surface area (Å²) in [5.41, 5.74) is 3.66. The first-order chi connectivity index (χ1) is 9.74. The van der Waals surface area contributed by atoms with Crippen molar-refractivity contribution < 1.29 is 4.79 Å². The molecule has 1 aliphatic heterocycles. The zero-order valence-electron chi connectivity index (χ0n) is 12.2. The smallest absolute Gasteiger partial charge is 0.227 e. The average molecular weight is 272 g/mol. The molecule has 2 aliphatic rings. The van der Waals surface area contributed by atoms with Gasteiger partial charge < -0.3 is 10.6 Å². The molecular formula is C17H24N2O. The second-order valence-electron chi connectivity index (χ2n) is 6.32. The highest BCUT2D eigenvalue weighted by Crippen LogP contribution is 2.30. The van der Waals surface area contributed by atoms with Crippen molar-refractivity contribution >= 4 is 11.6 Å². The predicted octanol–water partition coefficient (Wildman–Crippen LogP) is 3.10. The molecule has 3 nitrogen and oxygen atoms in total. The summed E-state index contributed by atoms with van der Waals surface area (Å²) in [7, 11) is 0. The molecule has 1 fully saturated rings. The number of carbonyl (C=O) groups excluding carboxylic acids is 1. The maximum absolute atomic E-state index is 12.4. The molecule has 1 aliphatic carbocycles. The minimum Gasteiger partial charge on any atom is -0.326 e. The number of hydrogen-bond acceptors (Lipinski definition) is 2. The van der Waals surface area contributed by atoms with Crippen LogP contribution in [0.2, 0.25) is 0 Å². The lowest BCUT2D eigenvalue weighted by Crippen LogP contribution is -2.29. The molecule has 1 aromatic rings. The van der Waals surface area contributed by atoms with Crippen LogP contribution in [0.3, 0.4) is 0 Å². The van der Waals surface area contributed by atoms with Crippen molar-refractivity contribution in [2.24, 2.45) is 11.8 Å². The van der Waals surface area contributed by atoms with Gasteiger partial charge in [0.05, 0.1) is 0 Å². The molecule has 108 valence electrons. The van der Waals surface area contributed by atoms with E-state index in [1.807, 2.05) is 6.07 Å². The first kappa shape index (κ1) is 13.6. The highest BCUT2D eigenvalue weighted by molar-refractivity contribution is 5.93. The summed E-state index contributed by atoms with van der Waals surface area (Å²) in [5.74, 6) is 1.21. The van der Waals surface area contributed by atoms with Crippen LogP contribution in [0, 0.1) is 11.8 Å². The van der Waals surface area contributed by atoms with Crippen LogP contribution in [0.1, 0.15) is 43.7 Å². The number of amides is 1. The molecule has 1 aromatic carbocycles. The molecule has 1 amide bonds. The Kier molecular flexibility index (Phi) is 4.06. The van der Waals surface area contributed by atoms with E-state index in [0.29, 0.717) is 0 Å². The van der Waals surface area contributed by atoms with Gasteiger partial charge in [-0.1, -0.05) is 19.1 Å². The molecule has 0 spiro atoms. The minimum atomic E-state index is 0.207. The van der Waals surface area contributed by atoms with Gasteiger partial charge in [0.25, 0.3) is 0 Å². The summed E-state index contributed by atoms with van der Waals surface area (Å²) in [4.78, 5) is 12.4. The molecule has 2 N–H and O–H groups in total. The third kappa shape index (κ3) is 2.88.